The SMILES string of the molecule is C=C(Cl)/C=c1/c(NCc2cccc(C#N)c2C)nnc(CN(C)C)/c1=C/C. The van der Waals surface area contributed by atoms with Crippen LogP contribution in [0.3, 0.4) is 0 Å². The Morgan fingerprint density at radius 2 is 2.07 bits per heavy atom. The van der Waals surface area contributed by atoms with Gasteiger partial charge in [0, 0.05) is 28.6 Å². The van der Waals surface area contributed by atoms with E-state index in [4.69, 9.17) is 11.6 Å². The van der Waals surface area contributed by atoms with Gasteiger partial charge in [0.15, 0.2) is 5.82 Å². The van der Waals surface area contributed by atoms with Crippen molar-refractivity contribution in [2.24, 2.45) is 0 Å². The molecule has 1 heterocycles. The quantitative estimate of drug-likeness (QED) is 0.833. The number of rotatable bonds is 6. The van der Waals surface area contributed by atoms with Crippen LogP contribution in [0.4, 0.5) is 5.82 Å². The van der Waals surface area contributed by atoms with Crippen molar-refractivity contribution in [2.45, 2.75) is 26.9 Å². The first-order chi connectivity index (χ1) is 12.9. The van der Waals surface area contributed by atoms with Crippen LogP contribution in [0.15, 0.2) is 29.8 Å². The van der Waals surface area contributed by atoms with Gasteiger partial charge in [-0.25, -0.2) is 0 Å². The van der Waals surface area contributed by atoms with Gasteiger partial charge in [0.05, 0.1) is 17.3 Å². The third kappa shape index (κ3) is 5.16. The molecule has 5 nitrogen and oxygen atoms in total. The number of halogens is 1. The number of hydrogen-bond acceptors (Lipinski definition) is 5. The molecule has 0 unspecified atom stereocenters. The van der Waals surface area contributed by atoms with Crippen molar-refractivity contribution in [3.8, 4) is 6.07 Å². The number of nitrogens with zero attached hydrogens (tertiary/aromatic N) is 4. The van der Waals surface area contributed by atoms with Crippen molar-refractivity contribution < 1.29 is 0 Å². The monoisotopic (exact) mass is 381 g/mol. The molecule has 0 aliphatic rings. The molecule has 0 bridgehead atoms. The lowest BCUT2D eigenvalue weighted by Gasteiger charge is -2.13. The molecule has 0 aliphatic heterocycles. The summed E-state index contributed by atoms with van der Waals surface area (Å²) >= 11 is 6.07. The normalized spacial score (nSPS) is 12.3. The molecule has 2 aromatic rings. The zero-order valence-corrected chi connectivity index (χ0v) is 16.9. The molecule has 2 rings (SSSR count). The summed E-state index contributed by atoms with van der Waals surface area (Å²) in [7, 11) is 3.98. The summed E-state index contributed by atoms with van der Waals surface area (Å²) in [4.78, 5) is 2.04. The fourth-order valence-electron chi connectivity index (χ4n) is 2.85. The number of nitrogens with one attached hydrogen (secondary N) is 1. The number of aromatic nitrogens is 2. The van der Waals surface area contributed by atoms with Gasteiger partial charge < -0.3 is 10.2 Å². The van der Waals surface area contributed by atoms with E-state index in [-0.39, 0.29) is 0 Å². The second-order valence-corrected chi connectivity index (χ2v) is 6.98. The third-order valence-electron chi connectivity index (χ3n) is 4.20. The number of hydrogen-bond donors (Lipinski definition) is 1. The van der Waals surface area contributed by atoms with Gasteiger partial charge in [-0.15, -0.1) is 5.10 Å². The van der Waals surface area contributed by atoms with Crippen molar-refractivity contribution in [3.05, 3.63) is 62.6 Å². The van der Waals surface area contributed by atoms with Gasteiger partial charge in [0.1, 0.15) is 0 Å². The second kappa shape index (κ2) is 9.31. The predicted octanol–water partition coefficient (Wildman–Crippen LogP) is 2.66. The van der Waals surface area contributed by atoms with E-state index in [2.05, 4.69) is 28.2 Å². The predicted molar refractivity (Wildman–Crippen MR) is 111 cm³/mol. The summed E-state index contributed by atoms with van der Waals surface area (Å²) in [5, 5.41) is 23.6. The van der Waals surface area contributed by atoms with Crippen LogP contribution in [0.25, 0.3) is 12.2 Å². The van der Waals surface area contributed by atoms with Crippen molar-refractivity contribution in [2.75, 3.05) is 19.4 Å². The highest BCUT2D eigenvalue weighted by Gasteiger charge is 2.09. The summed E-state index contributed by atoms with van der Waals surface area (Å²) in [5.74, 6) is 0.633. The van der Waals surface area contributed by atoms with Crippen LogP contribution in [-0.2, 0) is 13.1 Å². The molecule has 0 radical (unpaired) electrons. The van der Waals surface area contributed by atoms with Gasteiger partial charge in [0.2, 0.25) is 0 Å². The lowest BCUT2D eigenvalue weighted by Crippen LogP contribution is -2.36. The Bertz CT molecular complexity index is 1000. The standard InChI is InChI=1S/C21H24ClN5/c1-6-18-19(10-14(2)22)21(26-25-20(18)13-27(4)5)24-12-17-9-7-8-16(11-23)15(17)3/h6-10H,2,12-13H2,1,3-5H3,(H,24,26)/b18-6+,19-10+. The van der Waals surface area contributed by atoms with Crippen LogP contribution in [0.5, 0.6) is 0 Å². The van der Waals surface area contributed by atoms with Crippen molar-refractivity contribution in [1.82, 2.24) is 15.1 Å². The molecule has 0 saturated carbocycles. The van der Waals surface area contributed by atoms with E-state index in [1.165, 1.54) is 0 Å². The molecule has 0 aliphatic carbocycles. The molecule has 1 aromatic heterocycles. The second-order valence-electron chi connectivity index (χ2n) is 6.50. The van der Waals surface area contributed by atoms with E-state index >= 15 is 0 Å². The molecular weight excluding hydrogens is 358 g/mol. The zero-order chi connectivity index (χ0) is 20.0. The van der Waals surface area contributed by atoms with Crippen LogP contribution < -0.4 is 15.8 Å². The van der Waals surface area contributed by atoms with Crippen molar-refractivity contribution >= 4 is 29.6 Å². The van der Waals surface area contributed by atoms with Crippen LogP contribution in [0.2, 0.25) is 0 Å². The van der Waals surface area contributed by atoms with E-state index in [1.807, 2.05) is 57.1 Å². The van der Waals surface area contributed by atoms with Crippen molar-refractivity contribution in [1.29, 1.82) is 5.26 Å². The summed E-state index contributed by atoms with van der Waals surface area (Å²) in [6.45, 7) is 8.90. The summed E-state index contributed by atoms with van der Waals surface area (Å²) in [6.07, 6.45) is 3.80. The molecule has 0 spiro atoms. The highest BCUT2D eigenvalue weighted by atomic mass is 35.5. The van der Waals surface area contributed by atoms with Crippen LogP contribution in [0.1, 0.15) is 29.3 Å². The molecule has 1 N–H and O–H groups in total. The number of allylic oxidation sites excluding steroid dienone is 1. The highest BCUT2D eigenvalue weighted by Crippen LogP contribution is 2.13. The first-order valence-corrected chi connectivity index (χ1v) is 9.00. The Balaban J connectivity index is 2.49. The summed E-state index contributed by atoms with van der Waals surface area (Å²) in [6, 6.07) is 7.91. The van der Waals surface area contributed by atoms with Crippen LogP contribution >= 0.6 is 11.6 Å². The third-order valence-corrected chi connectivity index (χ3v) is 4.30. The lowest BCUT2D eigenvalue weighted by atomic mass is 10.0. The van der Waals surface area contributed by atoms with Crippen molar-refractivity contribution in [3.63, 3.8) is 0 Å². The minimum absolute atomic E-state index is 0.424. The maximum atomic E-state index is 9.21. The lowest BCUT2D eigenvalue weighted by molar-refractivity contribution is 0.393. The van der Waals surface area contributed by atoms with E-state index in [9.17, 15) is 5.26 Å². The molecule has 6 heteroatoms. The first kappa shape index (κ1) is 20.6. The number of anilines is 1. The average molecular weight is 382 g/mol. The summed E-state index contributed by atoms with van der Waals surface area (Å²) in [5.41, 5.74) is 3.54. The van der Waals surface area contributed by atoms with Crippen LogP contribution in [0, 0.1) is 18.3 Å². The Morgan fingerprint density at radius 1 is 1.33 bits per heavy atom. The molecule has 1 aromatic carbocycles. The van der Waals surface area contributed by atoms with Crippen LogP contribution in [-0.4, -0.2) is 29.2 Å². The Hall–Kier alpha value is -2.68. The minimum atomic E-state index is 0.424. The fourth-order valence-corrected chi connectivity index (χ4v) is 2.96. The topological polar surface area (TPSA) is 64.8 Å². The van der Waals surface area contributed by atoms with E-state index < -0.39 is 0 Å². The Labute approximate surface area is 165 Å². The maximum Gasteiger partial charge on any atom is 0.156 e. The smallest absolute Gasteiger partial charge is 0.156 e. The molecule has 140 valence electrons. The first-order valence-electron chi connectivity index (χ1n) is 8.62. The molecule has 0 fully saturated rings. The number of nitriles is 1. The maximum absolute atomic E-state index is 9.21. The van der Waals surface area contributed by atoms with Gasteiger partial charge >= 0.3 is 0 Å². The Morgan fingerprint density at radius 3 is 2.67 bits per heavy atom. The largest absolute Gasteiger partial charge is 0.364 e. The van der Waals surface area contributed by atoms with E-state index in [0.29, 0.717) is 29.5 Å². The molecule has 0 amide bonds. The number of benzene rings is 1. The van der Waals surface area contributed by atoms with Gasteiger partial charge in [-0.2, -0.15) is 10.4 Å². The van der Waals surface area contributed by atoms with E-state index in [0.717, 1.165) is 27.3 Å². The van der Waals surface area contributed by atoms with E-state index in [1.54, 1.807) is 6.08 Å². The fraction of sp³-hybridized carbons (Fsp3) is 0.286. The molecule has 27 heavy (non-hydrogen) atoms. The highest BCUT2D eigenvalue weighted by molar-refractivity contribution is 6.33. The van der Waals surface area contributed by atoms with Gasteiger partial charge in [0.25, 0.3) is 0 Å². The average Bonchev–Trinajstić information content (AvgIpc) is 2.61. The minimum Gasteiger partial charge on any atom is -0.364 e. The van der Waals surface area contributed by atoms with Gasteiger partial charge in [-0.05, 0) is 51.2 Å². The Kier molecular flexibility index (Phi) is 7.12. The molecule has 0 atom stereocenters. The summed E-state index contributed by atoms with van der Waals surface area (Å²) < 4.78 is 0. The van der Waals surface area contributed by atoms with Gasteiger partial charge in [-0.1, -0.05) is 36.4 Å². The van der Waals surface area contributed by atoms with Gasteiger partial charge in [-0.3, -0.25) is 0 Å². The molecule has 0 saturated heterocycles. The molecular formula is C21H24ClN5. The zero-order valence-electron chi connectivity index (χ0n) is 16.2.